The Morgan fingerprint density at radius 3 is 2.15 bits per heavy atom. The predicted octanol–water partition coefficient (Wildman–Crippen LogP) is 3.47. The van der Waals surface area contributed by atoms with E-state index in [4.69, 9.17) is 0 Å². The third-order valence-corrected chi connectivity index (χ3v) is 3.65. The molecular formula is C18H24N2. The summed E-state index contributed by atoms with van der Waals surface area (Å²) in [7, 11) is 4.22. The highest BCUT2D eigenvalue weighted by molar-refractivity contribution is 5.19. The van der Waals surface area contributed by atoms with Gasteiger partial charge in [-0.2, -0.15) is 0 Å². The first-order valence-electron chi connectivity index (χ1n) is 7.24. The highest BCUT2D eigenvalue weighted by Crippen LogP contribution is 2.16. The first kappa shape index (κ1) is 14.8. The van der Waals surface area contributed by atoms with Gasteiger partial charge in [-0.25, -0.2) is 0 Å². The molecule has 2 heteroatoms. The van der Waals surface area contributed by atoms with Crippen LogP contribution in [0.3, 0.4) is 0 Å². The van der Waals surface area contributed by atoms with E-state index in [-0.39, 0.29) is 0 Å². The van der Waals surface area contributed by atoms with Crippen molar-refractivity contribution < 1.29 is 0 Å². The molecule has 0 aromatic heterocycles. The molecule has 0 fully saturated rings. The van der Waals surface area contributed by atoms with Gasteiger partial charge in [0.15, 0.2) is 0 Å². The fraction of sp³-hybridized carbons (Fsp3) is 0.333. The van der Waals surface area contributed by atoms with Crippen LogP contribution in [0.25, 0.3) is 0 Å². The van der Waals surface area contributed by atoms with Crippen LogP contribution >= 0.6 is 0 Å². The van der Waals surface area contributed by atoms with Gasteiger partial charge < -0.3 is 10.2 Å². The first-order valence-corrected chi connectivity index (χ1v) is 7.24. The van der Waals surface area contributed by atoms with Crippen LogP contribution in [0.4, 0.5) is 0 Å². The number of rotatable bonds is 7. The molecule has 106 valence electrons. The molecule has 20 heavy (non-hydrogen) atoms. The van der Waals surface area contributed by atoms with E-state index in [0.29, 0.717) is 6.04 Å². The Kier molecular flexibility index (Phi) is 5.78. The molecule has 1 unspecified atom stereocenters. The molecule has 0 saturated heterocycles. The molecule has 0 amide bonds. The van der Waals surface area contributed by atoms with E-state index < -0.39 is 0 Å². The third-order valence-electron chi connectivity index (χ3n) is 3.65. The fourth-order valence-corrected chi connectivity index (χ4v) is 2.49. The van der Waals surface area contributed by atoms with Gasteiger partial charge in [0.2, 0.25) is 0 Å². The predicted molar refractivity (Wildman–Crippen MR) is 85.6 cm³/mol. The molecule has 0 aliphatic carbocycles. The van der Waals surface area contributed by atoms with Crippen molar-refractivity contribution >= 4 is 0 Å². The van der Waals surface area contributed by atoms with Gasteiger partial charge in [-0.1, -0.05) is 60.7 Å². The second-order valence-corrected chi connectivity index (χ2v) is 5.26. The molecule has 0 aliphatic heterocycles. The van der Waals surface area contributed by atoms with Gasteiger partial charge in [-0.3, -0.25) is 0 Å². The quantitative estimate of drug-likeness (QED) is 0.827. The molecule has 0 aliphatic rings. The zero-order valence-corrected chi connectivity index (χ0v) is 12.4. The lowest BCUT2D eigenvalue weighted by molar-refractivity contribution is 0.304. The van der Waals surface area contributed by atoms with Crippen molar-refractivity contribution in [3.05, 3.63) is 71.8 Å². The molecule has 0 radical (unpaired) electrons. The van der Waals surface area contributed by atoms with Crippen LogP contribution in [0.2, 0.25) is 0 Å². The maximum Gasteiger partial charge on any atom is 0.0329 e. The molecule has 0 spiro atoms. The van der Waals surface area contributed by atoms with Crippen molar-refractivity contribution in [2.24, 2.45) is 0 Å². The molecule has 2 rings (SSSR count). The molecule has 0 bridgehead atoms. The minimum Gasteiger partial charge on any atom is -0.313 e. The smallest absolute Gasteiger partial charge is 0.0329 e. The molecule has 1 N–H and O–H groups in total. The molecule has 2 aromatic carbocycles. The molecule has 2 aromatic rings. The van der Waals surface area contributed by atoms with E-state index >= 15 is 0 Å². The maximum atomic E-state index is 3.41. The van der Waals surface area contributed by atoms with Crippen LogP contribution in [0.5, 0.6) is 0 Å². The maximum absolute atomic E-state index is 3.41. The Morgan fingerprint density at radius 1 is 0.950 bits per heavy atom. The first-order chi connectivity index (χ1) is 9.79. The second kappa shape index (κ2) is 7.83. The Morgan fingerprint density at radius 2 is 1.55 bits per heavy atom. The van der Waals surface area contributed by atoms with Gasteiger partial charge in [0, 0.05) is 12.6 Å². The molecule has 1 atom stereocenters. The fourth-order valence-electron chi connectivity index (χ4n) is 2.49. The van der Waals surface area contributed by atoms with Crippen molar-refractivity contribution in [2.75, 3.05) is 20.6 Å². The second-order valence-electron chi connectivity index (χ2n) is 5.26. The zero-order valence-electron chi connectivity index (χ0n) is 12.4. The van der Waals surface area contributed by atoms with Gasteiger partial charge in [0.25, 0.3) is 0 Å². The summed E-state index contributed by atoms with van der Waals surface area (Å²) in [6, 6.07) is 21.7. The summed E-state index contributed by atoms with van der Waals surface area (Å²) >= 11 is 0. The summed E-state index contributed by atoms with van der Waals surface area (Å²) in [4.78, 5) is 2.38. The summed E-state index contributed by atoms with van der Waals surface area (Å²) in [5.74, 6) is 0. The highest BCUT2D eigenvalue weighted by Gasteiger charge is 2.09. The van der Waals surface area contributed by atoms with E-state index in [1.54, 1.807) is 0 Å². The largest absolute Gasteiger partial charge is 0.313 e. The molecule has 0 saturated carbocycles. The number of benzene rings is 2. The Bertz CT molecular complexity index is 481. The molecular weight excluding hydrogens is 244 g/mol. The standard InChI is InChI=1S/C18H24N2/c1-19-18(17-11-7-4-8-12-17)13-14-20(2)15-16-9-5-3-6-10-16/h3-12,18-19H,13-15H2,1-2H3. The summed E-state index contributed by atoms with van der Waals surface area (Å²) < 4.78 is 0. The van der Waals surface area contributed by atoms with Crippen molar-refractivity contribution in [2.45, 2.75) is 19.0 Å². The Hall–Kier alpha value is -1.64. The third kappa shape index (κ3) is 4.48. The minimum absolute atomic E-state index is 0.425. The SMILES string of the molecule is CNC(CCN(C)Cc1ccccc1)c1ccccc1. The normalized spacial score (nSPS) is 12.6. The Balaban J connectivity index is 1.84. The number of nitrogens with zero attached hydrogens (tertiary/aromatic N) is 1. The van der Waals surface area contributed by atoms with Gasteiger partial charge in [0.05, 0.1) is 0 Å². The van der Waals surface area contributed by atoms with Crippen molar-refractivity contribution in [3.8, 4) is 0 Å². The van der Waals surface area contributed by atoms with Gasteiger partial charge in [-0.05, 0) is 38.2 Å². The summed E-state index contributed by atoms with van der Waals surface area (Å²) in [6.45, 7) is 2.08. The number of nitrogens with one attached hydrogen (secondary N) is 1. The van der Waals surface area contributed by atoms with Crippen LogP contribution in [-0.4, -0.2) is 25.5 Å². The van der Waals surface area contributed by atoms with Crippen LogP contribution in [0.15, 0.2) is 60.7 Å². The van der Waals surface area contributed by atoms with Crippen molar-refractivity contribution in [1.29, 1.82) is 0 Å². The minimum atomic E-state index is 0.425. The van der Waals surface area contributed by atoms with Crippen LogP contribution in [0.1, 0.15) is 23.6 Å². The summed E-state index contributed by atoms with van der Waals surface area (Å²) in [6.07, 6.45) is 1.11. The number of hydrogen-bond acceptors (Lipinski definition) is 2. The lowest BCUT2D eigenvalue weighted by Crippen LogP contribution is -2.25. The molecule has 0 heterocycles. The van der Waals surface area contributed by atoms with Gasteiger partial charge in [-0.15, -0.1) is 0 Å². The van der Waals surface area contributed by atoms with Crippen molar-refractivity contribution in [1.82, 2.24) is 10.2 Å². The van der Waals surface area contributed by atoms with Crippen LogP contribution in [-0.2, 0) is 6.54 Å². The van der Waals surface area contributed by atoms with E-state index in [9.17, 15) is 0 Å². The van der Waals surface area contributed by atoms with Gasteiger partial charge in [0.1, 0.15) is 0 Å². The number of hydrogen-bond donors (Lipinski definition) is 1. The topological polar surface area (TPSA) is 15.3 Å². The molecule has 2 nitrogen and oxygen atoms in total. The van der Waals surface area contributed by atoms with E-state index in [1.165, 1.54) is 11.1 Å². The summed E-state index contributed by atoms with van der Waals surface area (Å²) in [5, 5.41) is 3.41. The van der Waals surface area contributed by atoms with E-state index in [2.05, 4.69) is 77.9 Å². The van der Waals surface area contributed by atoms with Crippen molar-refractivity contribution in [3.63, 3.8) is 0 Å². The van der Waals surface area contributed by atoms with E-state index in [0.717, 1.165) is 19.5 Å². The Labute approximate surface area is 122 Å². The average Bonchev–Trinajstić information content (AvgIpc) is 2.50. The lowest BCUT2D eigenvalue weighted by atomic mass is 10.0. The highest BCUT2D eigenvalue weighted by atomic mass is 15.1. The summed E-state index contributed by atoms with van der Waals surface area (Å²) in [5.41, 5.74) is 2.74. The lowest BCUT2D eigenvalue weighted by Gasteiger charge is -2.22. The van der Waals surface area contributed by atoms with Crippen LogP contribution in [0, 0.1) is 0 Å². The van der Waals surface area contributed by atoms with E-state index in [1.807, 2.05) is 7.05 Å². The average molecular weight is 268 g/mol. The zero-order chi connectivity index (χ0) is 14.2. The van der Waals surface area contributed by atoms with Crippen LogP contribution < -0.4 is 5.32 Å². The van der Waals surface area contributed by atoms with Gasteiger partial charge >= 0.3 is 0 Å². The monoisotopic (exact) mass is 268 g/mol.